The summed E-state index contributed by atoms with van der Waals surface area (Å²) in [5.74, 6) is -6.35. The van der Waals surface area contributed by atoms with E-state index < -0.39 is 69.2 Å². The standard InChI is InChI=1S/C11H18N2O9.4Na/c14-7(1-12(3-8(15)16)4-9(17)18)2-13(5-10(19)20)6-11(21)22;;;;/h7,14H,1-6H2,(H,15,16)(H,17,18)(H,19,20)(H,21,22);;;;/q;4*+1/p-4. The van der Waals surface area contributed by atoms with Crippen LogP contribution in [0.1, 0.15) is 0 Å². The number of hydrogen-bond donors (Lipinski definition) is 1. The van der Waals surface area contributed by atoms with Gasteiger partial charge >= 0.3 is 118 Å². The molecule has 0 bridgehead atoms. The molecule has 1 N–H and O–H groups in total. The number of nitrogens with zero attached hydrogens (tertiary/aromatic N) is 2. The second-order valence-electron chi connectivity index (χ2n) is 4.48. The number of carbonyl (C=O) groups excluding carboxylic acids is 4. The molecule has 15 heteroatoms. The van der Waals surface area contributed by atoms with E-state index in [1.165, 1.54) is 0 Å². The fourth-order valence-electron chi connectivity index (χ4n) is 1.75. The largest absolute Gasteiger partial charge is 1.00 e. The van der Waals surface area contributed by atoms with E-state index in [2.05, 4.69) is 0 Å². The molecule has 0 spiro atoms. The van der Waals surface area contributed by atoms with Crippen LogP contribution in [-0.4, -0.2) is 84.2 Å². The van der Waals surface area contributed by atoms with Crippen LogP contribution in [0.15, 0.2) is 0 Å². The maximum Gasteiger partial charge on any atom is 1.00 e. The minimum Gasteiger partial charge on any atom is -0.549 e. The molecule has 0 rings (SSSR count). The molecule has 0 aliphatic carbocycles. The molecule has 0 saturated heterocycles. The van der Waals surface area contributed by atoms with Gasteiger partial charge in [-0.25, -0.2) is 0 Å². The third kappa shape index (κ3) is 23.8. The topological polar surface area (TPSA) is 187 Å². The molecule has 11 nitrogen and oxygen atoms in total. The average molecular weight is 410 g/mol. The summed E-state index contributed by atoms with van der Waals surface area (Å²) in [4.78, 5) is 43.4. The van der Waals surface area contributed by atoms with Crippen molar-refractivity contribution in [3.63, 3.8) is 0 Å². The predicted octanol–water partition coefficient (Wildman–Crippen LogP) is -20.0. The van der Waals surface area contributed by atoms with Crippen LogP contribution in [0.2, 0.25) is 0 Å². The van der Waals surface area contributed by atoms with Gasteiger partial charge in [0.05, 0.1) is 30.0 Å². The van der Waals surface area contributed by atoms with Gasteiger partial charge in [0.15, 0.2) is 0 Å². The van der Waals surface area contributed by atoms with Crippen LogP contribution < -0.4 is 139 Å². The van der Waals surface area contributed by atoms with E-state index in [9.17, 15) is 44.7 Å². The van der Waals surface area contributed by atoms with Crippen LogP contribution in [0.5, 0.6) is 0 Å². The zero-order valence-corrected chi connectivity index (χ0v) is 23.4. The minimum atomic E-state index is -1.59. The third-order valence-electron chi connectivity index (χ3n) is 2.35. The number of aliphatic hydroxyl groups is 1. The molecule has 0 aromatic carbocycles. The minimum absolute atomic E-state index is 0. The Morgan fingerprint density at radius 3 is 0.962 bits per heavy atom. The van der Waals surface area contributed by atoms with Crippen LogP contribution in [0.25, 0.3) is 0 Å². The summed E-state index contributed by atoms with van der Waals surface area (Å²) >= 11 is 0. The Hall–Kier alpha value is 1.76. The Bertz CT molecular complexity index is 372. The quantitative estimate of drug-likeness (QED) is 0.301. The average Bonchev–Trinajstić information content (AvgIpc) is 2.23. The van der Waals surface area contributed by atoms with Crippen molar-refractivity contribution in [3.8, 4) is 0 Å². The number of carboxylic acid groups (broad SMARTS) is 4. The van der Waals surface area contributed by atoms with Gasteiger partial charge in [-0.1, -0.05) is 0 Å². The molecule has 0 aliphatic heterocycles. The van der Waals surface area contributed by atoms with E-state index in [0.29, 0.717) is 0 Å². The van der Waals surface area contributed by atoms with E-state index in [1.54, 1.807) is 0 Å². The molecule has 0 heterocycles. The Balaban J connectivity index is -0.000000367. The summed E-state index contributed by atoms with van der Waals surface area (Å²) in [5.41, 5.74) is 0. The second-order valence-corrected chi connectivity index (χ2v) is 4.48. The van der Waals surface area contributed by atoms with Crippen molar-refractivity contribution in [3.05, 3.63) is 0 Å². The first-order valence-electron chi connectivity index (χ1n) is 6.02. The maximum atomic E-state index is 10.5. The molecular weight excluding hydrogens is 396 g/mol. The third-order valence-corrected chi connectivity index (χ3v) is 2.35. The Kier molecular flexibility index (Phi) is 31.7. The summed E-state index contributed by atoms with van der Waals surface area (Å²) in [6.45, 7) is -4.15. The van der Waals surface area contributed by atoms with E-state index in [0.717, 1.165) is 9.80 Å². The van der Waals surface area contributed by atoms with Crippen LogP contribution in [0.4, 0.5) is 0 Å². The number of aliphatic hydroxyl groups excluding tert-OH is 1. The Morgan fingerprint density at radius 2 is 0.808 bits per heavy atom. The van der Waals surface area contributed by atoms with Crippen LogP contribution >= 0.6 is 0 Å². The van der Waals surface area contributed by atoms with Crippen molar-refractivity contribution < 1.29 is 163 Å². The predicted molar refractivity (Wildman–Crippen MR) is 58.9 cm³/mol. The molecule has 0 atom stereocenters. The normalized spacial score (nSPS) is 9.38. The van der Waals surface area contributed by atoms with Gasteiger partial charge in [-0.15, -0.1) is 0 Å². The van der Waals surface area contributed by atoms with E-state index in [1.807, 2.05) is 0 Å². The second kappa shape index (κ2) is 21.5. The van der Waals surface area contributed by atoms with Crippen molar-refractivity contribution in [2.75, 3.05) is 39.3 Å². The number of hydrogen-bond acceptors (Lipinski definition) is 11. The van der Waals surface area contributed by atoms with Crippen molar-refractivity contribution in [1.82, 2.24) is 9.80 Å². The van der Waals surface area contributed by atoms with E-state index >= 15 is 0 Å². The Labute approximate surface area is 238 Å². The van der Waals surface area contributed by atoms with Gasteiger partial charge < -0.3 is 44.7 Å². The number of aliphatic carboxylic acids is 4. The molecule has 0 aromatic rings. The SMILES string of the molecule is O=C([O-])CN(CC(=O)[O-])CC(O)CN(CC(=O)[O-])CC(=O)[O-].[Na+].[Na+].[Na+].[Na+]. The fourth-order valence-corrected chi connectivity index (χ4v) is 1.75. The smallest absolute Gasteiger partial charge is 0.549 e. The van der Waals surface area contributed by atoms with Gasteiger partial charge in [-0.2, -0.15) is 0 Å². The van der Waals surface area contributed by atoms with E-state index in [4.69, 9.17) is 0 Å². The zero-order valence-electron chi connectivity index (χ0n) is 15.4. The molecule has 26 heavy (non-hydrogen) atoms. The van der Waals surface area contributed by atoms with Crippen molar-refractivity contribution in [2.24, 2.45) is 0 Å². The van der Waals surface area contributed by atoms with Gasteiger partial charge in [0.1, 0.15) is 0 Å². The monoisotopic (exact) mass is 410 g/mol. The number of carbonyl (C=O) groups is 4. The number of carboxylic acids is 4. The summed E-state index contributed by atoms with van der Waals surface area (Å²) in [5, 5.41) is 51.5. The summed E-state index contributed by atoms with van der Waals surface area (Å²) in [6, 6.07) is 0. The van der Waals surface area contributed by atoms with Gasteiger partial charge in [0.2, 0.25) is 0 Å². The van der Waals surface area contributed by atoms with Gasteiger partial charge in [0.25, 0.3) is 0 Å². The van der Waals surface area contributed by atoms with Crippen molar-refractivity contribution in [1.29, 1.82) is 0 Å². The first-order chi connectivity index (χ1) is 10.1. The summed E-state index contributed by atoms with van der Waals surface area (Å²) in [7, 11) is 0. The number of rotatable bonds is 12. The van der Waals surface area contributed by atoms with Gasteiger partial charge in [-0.3, -0.25) is 9.80 Å². The van der Waals surface area contributed by atoms with Crippen molar-refractivity contribution in [2.45, 2.75) is 6.10 Å². The molecule has 0 saturated carbocycles. The first kappa shape index (κ1) is 38.4. The summed E-state index contributed by atoms with van der Waals surface area (Å²) in [6.07, 6.45) is -1.42. The molecular formula is C11H14N2Na4O9. The van der Waals surface area contributed by atoms with Crippen molar-refractivity contribution >= 4 is 23.9 Å². The molecule has 0 aromatic heterocycles. The molecule has 0 radical (unpaired) electrons. The molecule has 126 valence electrons. The molecule has 0 amide bonds. The first-order valence-corrected chi connectivity index (χ1v) is 6.02. The van der Waals surface area contributed by atoms with Crippen LogP contribution in [-0.2, 0) is 19.2 Å². The molecule has 0 aliphatic rings. The fraction of sp³-hybridized carbons (Fsp3) is 0.636. The van der Waals surface area contributed by atoms with E-state index in [-0.39, 0.29) is 118 Å². The zero-order chi connectivity index (χ0) is 17.3. The molecule has 0 fully saturated rings. The van der Waals surface area contributed by atoms with Crippen LogP contribution in [0, 0.1) is 0 Å². The Morgan fingerprint density at radius 1 is 0.615 bits per heavy atom. The maximum absolute atomic E-state index is 10.5. The molecule has 0 unspecified atom stereocenters. The van der Waals surface area contributed by atoms with Gasteiger partial charge in [-0.05, 0) is 0 Å². The summed E-state index contributed by atoms with van der Waals surface area (Å²) < 4.78 is 0. The van der Waals surface area contributed by atoms with Crippen LogP contribution in [0.3, 0.4) is 0 Å². The van der Waals surface area contributed by atoms with Gasteiger partial charge in [0, 0.05) is 39.3 Å².